The minimum Gasteiger partial charge on any atom is -0.491 e. The van der Waals surface area contributed by atoms with Crippen molar-refractivity contribution in [2.24, 2.45) is 0 Å². The number of hydrogen-bond acceptors (Lipinski definition) is 5. The highest BCUT2D eigenvalue weighted by Gasteiger charge is 2.31. The van der Waals surface area contributed by atoms with Crippen LogP contribution in [0.4, 0.5) is 0 Å². The molecule has 0 saturated carbocycles. The SMILES string of the molecule is COCCOCCOc1cc[n+]2c(c1C)CSn1c-2nc2cc(C)c(C)cc21. The molecule has 0 N–H and O–H groups in total. The fourth-order valence-corrected chi connectivity index (χ4v) is 4.50. The van der Waals surface area contributed by atoms with Crippen LogP contribution >= 0.6 is 11.9 Å². The highest BCUT2D eigenvalue weighted by atomic mass is 32.2. The van der Waals surface area contributed by atoms with Gasteiger partial charge in [0.25, 0.3) is 0 Å². The number of hydrogen-bond donors (Lipinski definition) is 0. The van der Waals surface area contributed by atoms with E-state index in [-0.39, 0.29) is 0 Å². The van der Waals surface area contributed by atoms with Crippen LogP contribution in [0.15, 0.2) is 24.4 Å². The summed E-state index contributed by atoms with van der Waals surface area (Å²) in [4.78, 5) is 4.90. The lowest BCUT2D eigenvalue weighted by molar-refractivity contribution is -0.612. The summed E-state index contributed by atoms with van der Waals surface area (Å²) >= 11 is 1.78. The van der Waals surface area contributed by atoms with Crippen molar-refractivity contribution in [3.8, 4) is 11.7 Å². The molecule has 1 aliphatic rings. The number of aryl methyl sites for hydroxylation is 2. The molecule has 0 radical (unpaired) electrons. The molecule has 0 amide bonds. The molecule has 7 heteroatoms. The number of nitrogens with zero attached hydrogens (tertiary/aromatic N) is 3. The van der Waals surface area contributed by atoms with Gasteiger partial charge in [-0.2, -0.15) is 3.97 Å². The van der Waals surface area contributed by atoms with Gasteiger partial charge in [-0.05, 0) is 44.0 Å². The highest BCUT2D eigenvalue weighted by Crippen LogP contribution is 2.32. The molecule has 0 saturated heterocycles. The number of methoxy groups -OCH3 is 1. The van der Waals surface area contributed by atoms with Gasteiger partial charge in [0, 0.05) is 30.7 Å². The number of benzene rings is 1. The van der Waals surface area contributed by atoms with Crippen molar-refractivity contribution in [3.63, 3.8) is 0 Å². The molecule has 3 heterocycles. The number of rotatable bonds is 7. The van der Waals surface area contributed by atoms with E-state index in [9.17, 15) is 0 Å². The molecule has 4 rings (SSSR count). The predicted octanol–water partition coefficient (Wildman–Crippen LogP) is 3.29. The van der Waals surface area contributed by atoms with Crippen LogP contribution in [0, 0.1) is 20.8 Å². The van der Waals surface area contributed by atoms with Crippen LogP contribution in [0.5, 0.6) is 5.75 Å². The van der Waals surface area contributed by atoms with Gasteiger partial charge < -0.3 is 14.2 Å². The van der Waals surface area contributed by atoms with E-state index in [4.69, 9.17) is 19.2 Å². The summed E-state index contributed by atoms with van der Waals surface area (Å²) in [5.41, 5.74) is 7.14. The van der Waals surface area contributed by atoms with Gasteiger partial charge in [0.1, 0.15) is 18.1 Å². The van der Waals surface area contributed by atoms with E-state index in [0.29, 0.717) is 26.4 Å². The molecule has 0 fully saturated rings. The van der Waals surface area contributed by atoms with Crippen LogP contribution in [-0.2, 0) is 15.2 Å². The summed E-state index contributed by atoms with van der Waals surface area (Å²) in [7, 11) is 1.67. The van der Waals surface area contributed by atoms with Crippen molar-refractivity contribution in [2.45, 2.75) is 26.5 Å². The molecule has 0 unspecified atom stereocenters. The van der Waals surface area contributed by atoms with E-state index in [2.05, 4.69) is 47.6 Å². The number of ether oxygens (including phenoxy) is 3. The fourth-order valence-electron chi connectivity index (χ4n) is 3.36. The Morgan fingerprint density at radius 1 is 1.11 bits per heavy atom. The molecule has 148 valence electrons. The lowest BCUT2D eigenvalue weighted by Gasteiger charge is -2.17. The Bertz CT molecular complexity index is 1020. The van der Waals surface area contributed by atoms with Crippen molar-refractivity contribution in [1.82, 2.24) is 8.96 Å². The van der Waals surface area contributed by atoms with Crippen LogP contribution in [0.1, 0.15) is 22.4 Å². The average Bonchev–Trinajstić information content (AvgIpc) is 3.04. The number of aromatic nitrogens is 3. The van der Waals surface area contributed by atoms with Gasteiger partial charge >= 0.3 is 5.95 Å². The Balaban J connectivity index is 1.59. The third-order valence-electron chi connectivity index (χ3n) is 5.14. The van der Waals surface area contributed by atoms with E-state index < -0.39 is 0 Å². The summed E-state index contributed by atoms with van der Waals surface area (Å²) in [6, 6.07) is 6.42. The van der Waals surface area contributed by atoms with Gasteiger partial charge in [-0.1, -0.05) is 4.98 Å². The minimum absolute atomic E-state index is 0.526. The molecule has 1 aliphatic heterocycles. The number of pyridine rings is 1. The second-order valence-corrected chi connectivity index (χ2v) is 7.89. The van der Waals surface area contributed by atoms with Crippen molar-refractivity contribution in [2.75, 3.05) is 33.5 Å². The Labute approximate surface area is 169 Å². The number of fused-ring (bicyclic) bond motifs is 5. The third kappa shape index (κ3) is 3.50. The van der Waals surface area contributed by atoms with E-state index in [1.807, 2.05) is 6.07 Å². The van der Waals surface area contributed by atoms with Crippen molar-refractivity contribution in [3.05, 3.63) is 46.8 Å². The van der Waals surface area contributed by atoms with Gasteiger partial charge in [-0.15, -0.1) is 0 Å². The maximum atomic E-state index is 5.95. The Hall–Kier alpha value is -2.09. The van der Waals surface area contributed by atoms with E-state index in [1.54, 1.807) is 19.1 Å². The van der Waals surface area contributed by atoms with Crippen LogP contribution < -0.4 is 9.30 Å². The quantitative estimate of drug-likeness (QED) is 0.450. The molecular formula is C21H26N3O3S+. The minimum atomic E-state index is 0.526. The molecular weight excluding hydrogens is 374 g/mol. The van der Waals surface area contributed by atoms with Gasteiger partial charge in [0.2, 0.25) is 0 Å². The Morgan fingerprint density at radius 2 is 1.89 bits per heavy atom. The summed E-state index contributed by atoms with van der Waals surface area (Å²) in [5, 5.41) is 0. The molecule has 0 spiro atoms. The van der Waals surface area contributed by atoms with Crippen LogP contribution in [0.2, 0.25) is 0 Å². The number of imidazole rings is 1. The van der Waals surface area contributed by atoms with E-state index in [1.165, 1.54) is 22.3 Å². The first-order valence-electron chi connectivity index (χ1n) is 9.47. The predicted molar refractivity (Wildman–Crippen MR) is 110 cm³/mol. The molecule has 6 nitrogen and oxygen atoms in total. The average molecular weight is 401 g/mol. The lowest BCUT2D eigenvalue weighted by atomic mass is 10.1. The van der Waals surface area contributed by atoms with Crippen LogP contribution in [0.25, 0.3) is 17.0 Å². The standard InChI is InChI=1S/C21H26N3O3S/c1-14-11-17-18(12-15(14)2)24-21(22-17)23-6-5-20(16(3)19(23)13-28-24)27-10-9-26-8-7-25-4/h5-6,11-12H,7-10,13H2,1-4H3/q+1. The van der Waals surface area contributed by atoms with Gasteiger partial charge in [-0.25, -0.2) is 4.57 Å². The second-order valence-electron chi connectivity index (χ2n) is 6.98. The Morgan fingerprint density at radius 3 is 2.71 bits per heavy atom. The van der Waals surface area contributed by atoms with Gasteiger partial charge in [0.05, 0.1) is 31.8 Å². The van der Waals surface area contributed by atoms with Gasteiger partial charge in [0.15, 0.2) is 11.0 Å². The molecule has 2 aromatic heterocycles. The normalized spacial score (nSPS) is 12.9. The fraction of sp³-hybridized carbons (Fsp3) is 0.429. The first kappa shape index (κ1) is 19.2. The molecule has 28 heavy (non-hydrogen) atoms. The lowest BCUT2D eigenvalue weighted by Crippen LogP contribution is -2.41. The van der Waals surface area contributed by atoms with Gasteiger partial charge in [-0.3, -0.25) is 0 Å². The summed E-state index contributed by atoms with van der Waals surface area (Å²) in [5.74, 6) is 2.72. The van der Waals surface area contributed by atoms with Crippen molar-refractivity contribution >= 4 is 23.0 Å². The van der Waals surface area contributed by atoms with Crippen molar-refractivity contribution in [1.29, 1.82) is 0 Å². The summed E-state index contributed by atoms with van der Waals surface area (Å²) in [6.45, 7) is 8.66. The van der Waals surface area contributed by atoms with E-state index >= 15 is 0 Å². The second kappa shape index (κ2) is 8.11. The zero-order chi connectivity index (χ0) is 19.7. The molecule has 3 aromatic rings. The zero-order valence-electron chi connectivity index (χ0n) is 16.8. The monoisotopic (exact) mass is 400 g/mol. The van der Waals surface area contributed by atoms with E-state index in [0.717, 1.165) is 28.5 Å². The zero-order valence-corrected chi connectivity index (χ0v) is 17.6. The Kier molecular flexibility index (Phi) is 5.57. The molecule has 1 aromatic carbocycles. The maximum Gasteiger partial charge on any atom is 0.415 e. The summed E-state index contributed by atoms with van der Waals surface area (Å²) in [6.07, 6.45) is 2.06. The molecule has 0 aliphatic carbocycles. The summed E-state index contributed by atoms with van der Waals surface area (Å²) < 4.78 is 20.8. The maximum absolute atomic E-state index is 5.95. The topological polar surface area (TPSA) is 49.4 Å². The smallest absolute Gasteiger partial charge is 0.415 e. The first-order chi connectivity index (χ1) is 13.6. The largest absolute Gasteiger partial charge is 0.491 e. The van der Waals surface area contributed by atoms with Crippen molar-refractivity contribution < 1.29 is 18.8 Å². The third-order valence-corrected chi connectivity index (χ3v) is 6.16. The molecule has 0 atom stereocenters. The highest BCUT2D eigenvalue weighted by molar-refractivity contribution is 7.97. The molecule has 0 bridgehead atoms. The van der Waals surface area contributed by atoms with Crippen LogP contribution in [-0.4, -0.2) is 42.5 Å². The van der Waals surface area contributed by atoms with Crippen LogP contribution in [0.3, 0.4) is 0 Å². The first-order valence-corrected chi connectivity index (χ1v) is 10.4.